The maximum absolute atomic E-state index is 14.1. The Morgan fingerprint density at radius 2 is 1.89 bits per heavy atom. The predicted octanol–water partition coefficient (Wildman–Crippen LogP) is 3.28. The molecular weight excluding hydrogens is 493 g/mol. The van der Waals surface area contributed by atoms with Crippen LogP contribution in [0, 0.1) is 5.82 Å². The van der Waals surface area contributed by atoms with Crippen molar-refractivity contribution in [1.29, 1.82) is 0 Å². The van der Waals surface area contributed by atoms with Crippen molar-refractivity contribution in [2.75, 3.05) is 37.8 Å². The van der Waals surface area contributed by atoms with E-state index in [1.165, 1.54) is 47.6 Å². The molecule has 1 saturated heterocycles. The van der Waals surface area contributed by atoms with E-state index < -0.39 is 12.4 Å². The van der Waals surface area contributed by atoms with E-state index in [0.29, 0.717) is 54.4 Å². The molecule has 192 valence electrons. The van der Waals surface area contributed by atoms with Gasteiger partial charge >= 0.3 is 6.61 Å². The van der Waals surface area contributed by atoms with Crippen LogP contribution in [-0.2, 0) is 16.1 Å². The Labute approximate surface area is 209 Å². The van der Waals surface area contributed by atoms with Crippen LogP contribution in [0.15, 0.2) is 48.8 Å². The van der Waals surface area contributed by atoms with E-state index in [2.05, 4.69) is 14.7 Å². The summed E-state index contributed by atoms with van der Waals surface area (Å²) in [6.07, 6.45) is 2.72. The standard InChI is InChI=1S/C25H21F3N4O5/c26-15-1-3-18(20(11-15)36-14-22(33)31-7-9-35-10-8-31)23-19-13-32(24(34)17(19)5-6-29-23)16-2-4-21(30-12-16)37-25(27)28/h1-6,11-12,25H,7-10,13-14H2. The number of halogens is 3. The third-order valence-electron chi connectivity index (χ3n) is 6.00. The second-order valence-electron chi connectivity index (χ2n) is 8.23. The zero-order chi connectivity index (χ0) is 25.9. The van der Waals surface area contributed by atoms with Crippen molar-refractivity contribution in [2.45, 2.75) is 13.2 Å². The summed E-state index contributed by atoms with van der Waals surface area (Å²) in [4.78, 5) is 37.0. The van der Waals surface area contributed by atoms with Gasteiger partial charge in [0.1, 0.15) is 11.6 Å². The highest BCUT2D eigenvalue weighted by Crippen LogP contribution is 2.38. The number of aromatic nitrogens is 2. The summed E-state index contributed by atoms with van der Waals surface area (Å²) in [6, 6.07) is 8.16. The zero-order valence-electron chi connectivity index (χ0n) is 19.4. The van der Waals surface area contributed by atoms with Gasteiger partial charge in [-0.15, -0.1) is 0 Å². The van der Waals surface area contributed by atoms with Crippen LogP contribution in [0.2, 0.25) is 0 Å². The molecule has 2 amide bonds. The molecule has 9 nitrogen and oxygen atoms in total. The van der Waals surface area contributed by atoms with Gasteiger partial charge in [-0.2, -0.15) is 8.78 Å². The van der Waals surface area contributed by atoms with Crippen LogP contribution in [0.1, 0.15) is 15.9 Å². The first-order chi connectivity index (χ1) is 17.9. The number of fused-ring (bicyclic) bond motifs is 1. The van der Waals surface area contributed by atoms with Gasteiger partial charge in [0.25, 0.3) is 11.8 Å². The van der Waals surface area contributed by atoms with Crippen LogP contribution in [-0.4, -0.2) is 66.2 Å². The summed E-state index contributed by atoms with van der Waals surface area (Å²) in [5.41, 5.74) is 2.13. The van der Waals surface area contributed by atoms with Crippen molar-refractivity contribution in [2.24, 2.45) is 0 Å². The maximum atomic E-state index is 14.1. The quantitative estimate of drug-likeness (QED) is 0.478. The summed E-state index contributed by atoms with van der Waals surface area (Å²) in [7, 11) is 0. The summed E-state index contributed by atoms with van der Waals surface area (Å²) in [6.45, 7) is -1.41. The number of hydrogen-bond acceptors (Lipinski definition) is 7. The molecule has 0 spiro atoms. The maximum Gasteiger partial charge on any atom is 0.388 e. The summed E-state index contributed by atoms with van der Waals surface area (Å²) in [5, 5.41) is 0. The first kappa shape index (κ1) is 24.5. The molecule has 2 aliphatic rings. The average Bonchev–Trinajstić information content (AvgIpc) is 3.24. The Morgan fingerprint density at radius 1 is 1.08 bits per heavy atom. The number of carbonyl (C=O) groups excluding carboxylic acids is 2. The SMILES string of the molecule is O=C(COc1cc(F)ccc1-c1nccc2c1CN(c1ccc(OC(F)F)nc1)C2=O)N1CCOCC1. The van der Waals surface area contributed by atoms with Crippen LogP contribution in [0.25, 0.3) is 11.3 Å². The number of morpholine rings is 1. The molecular formula is C25H21F3N4O5. The molecule has 5 rings (SSSR count). The zero-order valence-corrected chi connectivity index (χ0v) is 19.4. The van der Waals surface area contributed by atoms with Crippen molar-refractivity contribution in [3.05, 3.63) is 65.7 Å². The lowest BCUT2D eigenvalue weighted by molar-refractivity contribution is -0.137. The molecule has 2 aromatic heterocycles. The summed E-state index contributed by atoms with van der Waals surface area (Å²) in [5.74, 6) is -1.30. The first-order valence-electron chi connectivity index (χ1n) is 11.4. The molecule has 0 unspecified atom stereocenters. The molecule has 0 radical (unpaired) electrons. The molecule has 1 aromatic carbocycles. The number of rotatable bonds is 7. The van der Waals surface area contributed by atoms with Crippen molar-refractivity contribution in [1.82, 2.24) is 14.9 Å². The third-order valence-corrected chi connectivity index (χ3v) is 6.00. The minimum atomic E-state index is -3.01. The molecule has 0 saturated carbocycles. The van der Waals surface area contributed by atoms with Gasteiger partial charge in [0, 0.05) is 48.1 Å². The lowest BCUT2D eigenvalue weighted by Crippen LogP contribution is -2.43. The molecule has 0 atom stereocenters. The lowest BCUT2D eigenvalue weighted by atomic mass is 10.0. The number of pyridine rings is 2. The fourth-order valence-electron chi connectivity index (χ4n) is 4.22. The number of nitrogens with zero attached hydrogens (tertiary/aromatic N) is 4. The van der Waals surface area contributed by atoms with Gasteiger partial charge < -0.3 is 24.0 Å². The number of alkyl halides is 2. The van der Waals surface area contributed by atoms with Gasteiger partial charge in [-0.05, 0) is 24.3 Å². The Balaban J connectivity index is 1.40. The highest BCUT2D eigenvalue weighted by atomic mass is 19.3. The summed E-state index contributed by atoms with van der Waals surface area (Å²) < 4.78 is 54.2. The van der Waals surface area contributed by atoms with Gasteiger partial charge in [0.15, 0.2) is 6.61 Å². The Hall–Kier alpha value is -4.19. The van der Waals surface area contributed by atoms with E-state index in [4.69, 9.17) is 9.47 Å². The second kappa shape index (κ2) is 10.4. The number of benzene rings is 1. The highest BCUT2D eigenvalue weighted by molar-refractivity contribution is 6.11. The van der Waals surface area contributed by atoms with E-state index >= 15 is 0 Å². The highest BCUT2D eigenvalue weighted by Gasteiger charge is 2.32. The van der Waals surface area contributed by atoms with E-state index in [1.807, 2.05) is 0 Å². The number of ether oxygens (including phenoxy) is 3. The van der Waals surface area contributed by atoms with Crippen molar-refractivity contribution in [3.8, 4) is 22.9 Å². The Morgan fingerprint density at radius 3 is 2.62 bits per heavy atom. The Kier molecular flexibility index (Phi) is 6.91. The molecule has 0 aliphatic carbocycles. The van der Waals surface area contributed by atoms with Crippen molar-refractivity contribution >= 4 is 17.5 Å². The fourth-order valence-corrected chi connectivity index (χ4v) is 4.22. The Bertz CT molecular complexity index is 1320. The van der Waals surface area contributed by atoms with E-state index in [-0.39, 0.29) is 36.6 Å². The number of carbonyl (C=O) groups is 2. The molecule has 4 heterocycles. The van der Waals surface area contributed by atoms with Crippen LogP contribution in [0.4, 0.5) is 18.9 Å². The first-order valence-corrected chi connectivity index (χ1v) is 11.4. The molecule has 12 heteroatoms. The van der Waals surface area contributed by atoms with Crippen LogP contribution in [0.5, 0.6) is 11.6 Å². The minimum Gasteiger partial charge on any atom is -0.483 e. The van der Waals surface area contributed by atoms with Crippen molar-refractivity contribution in [3.63, 3.8) is 0 Å². The van der Waals surface area contributed by atoms with E-state index in [9.17, 15) is 22.8 Å². The van der Waals surface area contributed by atoms with E-state index in [0.717, 1.165) is 0 Å². The van der Waals surface area contributed by atoms with Crippen molar-refractivity contribution < 1.29 is 37.0 Å². The molecule has 2 aliphatic heterocycles. The summed E-state index contributed by atoms with van der Waals surface area (Å²) >= 11 is 0. The van der Waals surface area contributed by atoms with Gasteiger partial charge in [-0.25, -0.2) is 9.37 Å². The molecule has 37 heavy (non-hydrogen) atoms. The normalized spacial score (nSPS) is 15.2. The van der Waals surface area contributed by atoms with Gasteiger partial charge in [-0.1, -0.05) is 0 Å². The predicted molar refractivity (Wildman–Crippen MR) is 124 cm³/mol. The van der Waals surface area contributed by atoms with Crippen LogP contribution in [0.3, 0.4) is 0 Å². The topological polar surface area (TPSA) is 94.1 Å². The molecule has 3 aromatic rings. The van der Waals surface area contributed by atoms with Gasteiger partial charge in [0.05, 0.1) is 37.3 Å². The monoisotopic (exact) mass is 514 g/mol. The fraction of sp³-hybridized carbons (Fsp3) is 0.280. The number of amides is 2. The second-order valence-corrected chi connectivity index (χ2v) is 8.23. The van der Waals surface area contributed by atoms with Gasteiger partial charge in [-0.3, -0.25) is 14.6 Å². The van der Waals surface area contributed by atoms with Crippen LogP contribution >= 0.6 is 0 Å². The molecule has 0 bridgehead atoms. The molecule has 0 N–H and O–H groups in total. The van der Waals surface area contributed by atoms with E-state index in [1.54, 1.807) is 11.0 Å². The lowest BCUT2D eigenvalue weighted by Gasteiger charge is -2.26. The molecule has 1 fully saturated rings. The average molecular weight is 514 g/mol. The number of anilines is 1. The van der Waals surface area contributed by atoms with Gasteiger partial charge in [0.2, 0.25) is 5.88 Å². The third kappa shape index (κ3) is 5.19. The smallest absolute Gasteiger partial charge is 0.388 e. The largest absolute Gasteiger partial charge is 0.483 e. The minimum absolute atomic E-state index is 0.109. The van der Waals surface area contributed by atoms with Crippen LogP contribution < -0.4 is 14.4 Å². The number of hydrogen-bond donors (Lipinski definition) is 0.